The molecule has 1 atom stereocenters. The second-order valence-corrected chi connectivity index (χ2v) is 4.47. The maximum Gasteiger partial charge on any atom is 0.325 e. The van der Waals surface area contributed by atoms with Gasteiger partial charge in [0.2, 0.25) is 0 Å². The lowest BCUT2D eigenvalue weighted by atomic mass is 10.0. The molecule has 0 radical (unpaired) electrons. The lowest BCUT2D eigenvalue weighted by Crippen LogP contribution is -2.42. The maximum atomic E-state index is 13.4. The highest BCUT2D eigenvalue weighted by molar-refractivity contribution is 6.30. The van der Waals surface area contributed by atoms with Crippen LogP contribution in [0, 0.1) is 5.82 Å². The smallest absolute Gasteiger partial charge is 0.325 e. The highest BCUT2D eigenvalue weighted by atomic mass is 35.5. The molecule has 1 aromatic carbocycles. The number of benzene rings is 1. The van der Waals surface area contributed by atoms with E-state index in [1.807, 2.05) is 0 Å². The van der Waals surface area contributed by atoms with Crippen LogP contribution in [0.4, 0.5) is 4.39 Å². The molecule has 0 aromatic heterocycles. The van der Waals surface area contributed by atoms with Crippen molar-refractivity contribution in [2.24, 2.45) is 0 Å². The van der Waals surface area contributed by atoms with E-state index in [1.54, 1.807) is 11.0 Å². The lowest BCUT2D eigenvalue weighted by molar-refractivity contribution is -0.145. The van der Waals surface area contributed by atoms with Crippen LogP contribution in [-0.4, -0.2) is 42.3 Å². The predicted octanol–water partition coefficient (Wildman–Crippen LogP) is 1.94. The Morgan fingerprint density at radius 3 is 2.67 bits per heavy atom. The zero-order chi connectivity index (χ0) is 13.1. The number of hydrogen-bond acceptors (Lipinski definition) is 3. The average molecular weight is 274 g/mol. The van der Waals surface area contributed by atoms with E-state index in [0.717, 1.165) is 0 Å². The van der Waals surface area contributed by atoms with Crippen molar-refractivity contribution in [3.8, 4) is 0 Å². The summed E-state index contributed by atoms with van der Waals surface area (Å²) in [6, 6.07) is 3.24. The Morgan fingerprint density at radius 1 is 1.44 bits per heavy atom. The molecule has 4 nitrogen and oxygen atoms in total. The summed E-state index contributed by atoms with van der Waals surface area (Å²) < 4.78 is 18.6. The molecule has 1 aliphatic rings. The molecular weight excluding hydrogens is 261 g/mol. The molecule has 0 saturated carbocycles. The van der Waals surface area contributed by atoms with Crippen molar-refractivity contribution in [3.05, 3.63) is 34.6 Å². The first-order valence-corrected chi connectivity index (χ1v) is 5.97. The summed E-state index contributed by atoms with van der Waals surface area (Å²) in [5, 5.41) is 9.29. The van der Waals surface area contributed by atoms with Crippen LogP contribution in [0.3, 0.4) is 0 Å². The Hall–Kier alpha value is -1.17. The van der Waals surface area contributed by atoms with Gasteiger partial charge in [0.25, 0.3) is 0 Å². The van der Waals surface area contributed by atoms with Crippen molar-refractivity contribution in [3.63, 3.8) is 0 Å². The summed E-state index contributed by atoms with van der Waals surface area (Å²) in [6.45, 7) is 2.00. The van der Waals surface area contributed by atoms with Gasteiger partial charge in [0.1, 0.15) is 11.9 Å². The van der Waals surface area contributed by atoms with E-state index in [4.69, 9.17) is 16.3 Å². The van der Waals surface area contributed by atoms with E-state index in [-0.39, 0.29) is 5.02 Å². The number of rotatable bonds is 3. The largest absolute Gasteiger partial charge is 0.480 e. The van der Waals surface area contributed by atoms with Gasteiger partial charge in [-0.2, -0.15) is 0 Å². The van der Waals surface area contributed by atoms with Crippen molar-refractivity contribution in [2.75, 3.05) is 26.3 Å². The lowest BCUT2D eigenvalue weighted by Gasteiger charge is -2.32. The number of morpholine rings is 1. The third-order valence-electron chi connectivity index (χ3n) is 2.90. The molecular formula is C12H13ClFNO3. The summed E-state index contributed by atoms with van der Waals surface area (Å²) in [5.41, 5.74) is 0.395. The van der Waals surface area contributed by atoms with E-state index in [2.05, 4.69) is 0 Å². The molecule has 1 N–H and O–H groups in total. The van der Waals surface area contributed by atoms with Crippen LogP contribution in [0.1, 0.15) is 11.6 Å². The SMILES string of the molecule is O=C(O)C(c1ccc(Cl)c(F)c1)N1CCOCC1. The Balaban J connectivity index is 2.28. The highest BCUT2D eigenvalue weighted by Crippen LogP contribution is 2.25. The van der Waals surface area contributed by atoms with Crippen LogP contribution < -0.4 is 0 Å². The maximum absolute atomic E-state index is 13.4. The summed E-state index contributed by atoms with van der Waals surface area (Å²) in [5.74, 6) is -1.60. The van der Waals surface area contributed by atoms with Gasteiger partial charge in [0.05, 0.1) is 18.2 Å². The van der Waals surface area contributed by atoms with Gasteiger partial charge in [0, 0.05) is 13.1 Å². The average Bonchev–Trinajstić information content (AvgIpc) is 2.35. The molecule has 0 spiro atoms. The molecule has 0 aliphatic carbocycles. The van der Waals surface area contributed by atoms with Gasteiger partial charge in [-0.3, -0.25) is 9.69 Å². The number of aliphatic carboxylic acids is 1. The number of carboxylic acids is 1. The molecule has 98 valence electrons. The van der Waals surface area contributed by atoms with Crippen LogP contribution in [0.5, 0.6) is 0 Å². The number of nitrogens with zero attached hydrogens (tertiary/aromatic N) is 1. The minimum atomic E-state index is -1.00. The quantitative estimate of drug-likeness (QED) is 0.914. The Morgan fingerprint density at radius 2 is 2.11 bits per heavy atom. The van der Waals surface area contributed by atoms with E-state index in [9.17, 15) is 14.3 Å². The third kappa shape index (κ3) is 2.80. The zero-order valence-corrected chi connectivity index (χ0v) is 10.4. The number of carboxylic acid groups (broad SMARTS) is 1. The second kappa shape index (κ2) is 5.65. The molecule has 18 heavy (non-hydrogen) atoms. The van der Waals surface area contributed by atoms with Crippen molar-refractivity contribution >= 4 is 17.6 Å². The van der Waals surface area contributed by atoms with E-state index >= 15 is 0 Å². The second-order valence-electron chi connectivity index (χ2n) is 4.06. The van der Waals surface area contributed by atoms with Crippen molar-refractivity contribution in [1.82, 2.24) is 4.90 Å². The van der Waals surface area contributed by atoms with Crippen LogP contribution in [0.25, 0.3) is 0 Å². The summed E-state index contributed by atoms with van der Waals surface area (Å²) in [6.07, 6.45) is 0. The Bertz CT molecular complexity index is 449. The molecule has 1 aliphatic heterocycles. The first-order chi connectivity index (χ1) is 8.59. The van der Waals surface area contributed by atoms with Crippen molar-refractivity contribution in [1.29, 1.82) is 0 Å². The van der Waals surface area contributed by atoms with E-state index in [0.29, 0.717) is 31.9 Å². The number of halogens is 2. The van der Waals surface area contributed by atoms with Gasteiger partial charge in [0.15, 0.2) is 0 Å². The van der Waals surface area contributed by atoms with Gasteiger partial charge in [-0.05, 0) is 17.7 Å². The number of hydrogen-bond donors (Lipinski definition) is 1. The predicted molar refractivity (Wildman–Crippen MR) is 64.2 cm³/mol. The van der Waals surface area contributed by atoms with Crippen LogP contribution in [0.2, 0.25) is 5.02 Å². The molecule has 1 saturated heterocycles. The summed E-state index contributed by atoms with van der Waals surface area (Å²) in [4.78, 5) is 13.1. The molecule has 2 rings (SSSR count). The van der Waals surface area contributed by atoms with Crippen LogP contribution in [0.15, 0.2) is 18.2 Å². The fraction of sp³-hybridized carbons (Fsp3) is 0.417. The van der Waals surface area contributed by atoms with Gasteiger partial charge in [-0.1, -0.05) is 17.7 Å². The summed E-state index contributed by atoms with van der Waals surface area (Å²) in [7, 11) is 0. The van der Waals surface area contributed by atoms with Crippen molar-refractivity contribution in [2.45, 2.75) is 6.04 Å². The molecule has 6 heteroatoms. The summed E-state index contributed by atoms with van der Waals surface area (Å²) >= 11 is 5.59. The van der Waals surface area contributed by atoms with Gasteiger partial charge >= 0.3 is 5.97 Å². The third-order valence-corrected chi connectivity index (χ3v) is 3.21. The molecule has 1 fully saturated rings. The number of ether oxygens (including phenoxy) is 1. The molecule has 1 aromatic rings. The van der Waals surface area contributed by atoms with E-state index < -0.39 is 17.8 Å². The topological polar surface area (TPSA) is 49.8 Å². The first kappa shape index (κ1) is 13.3. The van der Waals surface area contributed by atoms with Gasteiger partial charge < -0.3 is 9.84 Å². The monoisotopic (exact) mass is 273 g/mol. The fourth-order valence-electron chi connectivity index (χ4n) is 2.03. The molecule has 1 heterocycles. The molecule has 1 unspecified atom stereocenters. The Kier molecular flexibility index (Phi) is 4.16. The van der Waals surface area contributed by atoms with E-state index in [1.165, 1.54) is 12.1 Å². The first-order valence-electron chi connectivity index (χ1n) is 5.59. The highest BCUT2D eigenvalue weighted by Gasteiger charge is 2.29. The normalized spacial score (nSPS) is 18.6. The fourth-order valence-corrected chi connectivity index (χ4v) is 2.15. The van der Waals surface area contributed by atoms with Crippen LogP contribution >= 0.6 is 11.6 Å². The molecule has 0 bridgehead atoms. The minimum absolute atomic E-state index is 0.00938. The number of carbonyl (C=O) groups is 1. The molecule has 0 amide bonds. The minimum Gasteiger partial charge on any atom is -0.480 e. The standard InChI is InChI=1S/C12H13ClFNO3/c13-9-2-1-8(7-10(9)14)11(12(16)17)15-3-5-18-6-4-15/h1-2,7,11H,3-6H2,(H,16,17). The Labute approximate surface area is 109 Å². The van der Waals surface area contributed by atoms with Crippen molar-refractivity contribution < 1.29 is 19.0 Å². The zero-order valence-electron chi connectivity index (χ0n) is 9.60. The van der Waals surface area contributed by atoms with Gasteiger partial charge in [-0.25, -0.2) is 4.39 Å². The van der Waals surface area contributed by atoms with Gasteiger partial charge in [-0.15, -0.1) is 0 Å². The van der Waals surface area contributed by atoms with Crippen LogP contribution in [-0.2, 0) is 9.53 Å².